The topological polar surface area (TPSA) is 91.8 Å². The molecule has 3 rings (SSSR count). The molecule has 1 amide bonds. The van der Waals surface area contributed by atoms with Crippen LogP contribution in [0.15, 0.2) is 54.9 Å². The first kappa shape index (κ1) is 17.3. The van der Waals surface area contributed by atoms with Crippen molar-refractivity contribution in [3.63, 3.8) is 0 Å². The van der Waals surface area contributed by atoms with Gasteiger partial charge in [0.15, 0.2) is 0 Å². The van der Waals surface area contributed by atoms with E-state index in [4.69, 9.17) is 0 Å². The molecule has 0 aliphatic heterocycles. The molecule has 3 aromatic rings. The highest BCUT2D eigenvalue weighted by molar-refractivity contribution is 5.88. The molecule has 2 aromatic heterocycles. The third-order valence-electron chi connectivity index (χ3n) is 3.51. The number of carbonyl (C=O) groups excluding carboxylic acids is 1. The standard InChI is InChI=1S/C19H20N6O/c1-13-10-18(21-12-15-4-3-9-20-11-15)25-19(22-13)24-17-7-5-16(6-8-17)23-14(2)26/h3-11H,12H2,1-2H3,(H,23,26)(H2,21,22,24,25). The van der Waals surface area contributed by atoms with Crippen LogP contribution in [0.1, 0.15) is 18.2 Å². The molecule has 132 valence electrons. The van der Waals surface area contributed by atoms with Crippen LogP contribution in [-0.4, -0.2) is 20.9 Å². The average molecular weight is 348 g/mol. The van der Waals surface area contributed by atoms with Crippen molar-refractivity contribution >= 4 is 29.0 Å². The number of amides is 1. The Morgan fingerprint density at radius 3 is 2.54 bits per heavy atom. The van der Waals surface area contributed by atoms with Crippen molar-refractivity contribution in [1.82, 2.24) is 15.0 Å². The molecule has 1 aromatic carbocycles. The minimum absolute atomic E-state index is 0.0999. The van der Waals surface area contributed by atoms with Crippen LogP contribution in [0.25, 0.3) is 0 Å². The van der Waals surface area contributed by atoms with Crippen molar-refractivity contribution in [2.75, 3.05) is 16.0 Å². The van der Waals surface area contributed by atoms with Gasteiger partial charge in [-0.15, -0.1) is 0 Å². The fraction of sp³-hybridized carbons (Fsp3) is 0.158. The summed E-state index contributed by atoms with van der Waals surface area (Å²) >= 11 is 0. The second-order valence-corrected chi connectivity index (χ2v) is 5.82. The van der Waals surface area contributed by atoms with Gasteiger partial charge in [0.1, 0.15) is 5.82 Å². The fourth-order valence-electron chi connectivity index (χ4n) is 2.38. The molecular formula is C19H20N6O. The zero-order valence-corrected chi connectivity index (χ0v) is 14.7. The molecule has 0 spiro atoms. The molecule has 26 heavy (non-hydrogen) atoms. The summed E-state index contributed by atoms with van der Waals surface area (Å²) in [6.07, 6.45) is 3.56. The maximum absolute atomic E-state index is 11.1. The van der Waals surface area contributed by atoms with Crippen LogP contribution in [0.3, 0.4) is 0 Å². The summed E-state index contributed by atoms with van der Waals surface area (Å²) in [4.78, 5) is 24.1. The van der Waals surface area contributed by atoms with E-state index >= 15 is 0 Å². The molecule has 0 saturated heterocycles. The third-order valence-corrected chi connectivity index (χ3v) is 3.51. The zero-order chi connectivity index (χ0) is 18.4. The number of aryl methyl sites for hydroxylation is 1. The third kappa shape index (κ3) is 5.01. The van der Waals surface area contributed by atoms with Gasteiger partial charge in [-0.05, 0) is 42.8 Å². The van der Waals surface area contributed by atoms with E-state index in [1.54, 1.807) is 6.20 Å². The number of aromatic nitrogens is 3. The van der Waals surface area contributed by atoms with Gasteiger partial charge in [0.2, 0.25) is 11.9 Å². The van der Waals surface area contributed by atoms with E-state index in [2.05, 4.69) is 30.9 Å². The van der Waals surface area contributed by atoms with Crippen molar-refractivity contribution < 1.29 is 4.79 Å². The predicted molar refractivity (Wildman–Crippen MR) is 102 cm³/mol. The number of carbonyl (C=O) groups is 1. The lowest BCUT2D eigenvalue weighted by molar-refractivity contribution is -0.114. The molecule has 0 saturated carbocycles. The molecule has 3 N–H and O–H groups in total. The maximum Gasteiger partial charge on any atom is 0.229 e. The Hall–Kier alpha value is -3.48. The van der Waals surface area contributed by atoms with Crippen LogP contribution in [0.2, 0.25) is 0 Å². The summed E-state index contributed by atoms with van der Waals surface area (Å²) in [5.41, 5.74) is 3.51. The lowest BCUT2D eigenvalue weighted by Gasteiger charge is -2.10. The molecule has 7 heteroatoms. The zero-order valence-electron chi connectivity index (χ0n) is 14.7. The van der Waals surface area contributed by atoms with Gasteiger partial charge in [0.25, 0.3) is 0 Å². The van der Waals surface area contributed by atoms with Crippen molar-refractivity contribution in [3.05, 3.63) is 66.1 Å². The second kappa shape index (κ2) is 8.06. The summed E-state index contributed by atoms with van der Waals surface area (Å²) < 4.78 is 0. The first-order valence-corrected chi connectivity index (χ1v) is 8.21. The second-order valence-electron chi connectivity index (χ2n) is 5.82. The van der Waals surface area contributed by atoms with Crippen molar-refractivity contribution in [1.29, 1.82) is 0 Å². The van der Waals surface area contributed by atoms with Gasteiger partial charge >= 0.3 is 0 Å². The smallest absolute Gasteiger partial charge is 0.229 e. The van der Waals surface area contributed by atoms with E-state index in [0.717, 1.165) is 28.5 Å². The Labute approximate surface area is 151 Å². The van der Waals surface area contributed by atoms with Gasteiger partial charge in [-0.3, -0.25) is 9.78 Å². The monoisotopic (exact) mass is 348 g/mol. The van der Waals surface area contributed by atoms with Gasteiger partial charge < -0.3 is 16.0 Å². The highest BCUT2D eigenvalue weighted by Crippen LogP contribution is 2.18. The molecule has 0 bridgehead atoms. The number of benzene rings is 1. The Morgan fingerprint density at radius 1 is 1.08 bits per heavy atom. The number of anilines is 4. The Morgan fingerprint density at radius 2 is 1.85 bits per heavy atom. The van der Waals surface area contributed by atoms with Gasteiger partial charge in [0.05, 0.1) is 0 Å². The normalized spacial score (nSPS) is 10.2. The molecule has 0 fully saturated rings. The number of nitrogens with zero attached hydrogens (tertiary/aromatic N) is 3. The first-order valence-electron chi connectivity index (χ1n) is 8.21. The maximum atomic E-state index is 11.1. The highest BCUT2D eigenvalue weighted by atomic mass is 16.1. The number of rotatable bonds is 6. The van der Waals surface area contributed by atoms with Gasteiger partial charge in [-0.1, -0.05) is 6.07 Å². The van der Waals surface area contributed by atoms with Crippen LogP contribution in [0.4, 0.5) is 23.1 Å². The Bertz CT molecular complexity index is 880. The van der Waals surface area contributed by atoms with Gasteiger partial charge in [0, 0.05) is 49.0 Å². The summed E-state index contributed by atoms with van der Waals surface area (Å²) in [7, 11) is 0. The SMILES string of the molecule is CC(=O)Nc1ccc(Nc2nc(C)cc(NCc3cccnc3)n2)cc1. The average Bonchev–Trinajstić information content (AvgIpc) is 2.62. The lowest BCUT2D eigenvalue weighted by Crippen LogP contribution is -2.06. The predicted octanol–water partition coefficient (Wildman–Crippen LogP) is 3.49. The number of hydrogen-bond donors (Lipinski definition) is 3. The van der Waals surface area contributed by atoms with E-state index in [-0.39, 0.29) is 5.91 Å². The van der Waals surface area contributed by atoms with E-state index in [0.29, 0.717) is 12.5 Å². The van der Waals surface area contributed by atoms with Gasteiger partial charge in [-0.2, -0.15) is 4.98 Å². The Kier molecular flexibility index (Phi) is 5.38. The van der Waals surface area contributed by atoms with Crippen molar-refractivity contribution in [2.24, 2.45) is 0 Å². The first-order chi connectivity index (χ1) is 12.6. The van der Waals surface area contributed by atoms with Crippen molar-refractivity contribution in [3.8, 4) is 0 Å². The van der Waals surface area contributed by atoms with E-state index < -0.39 is 0 Å². The van der Waals surface area contributed by atoms with Crippen LogP contribution < -0.4 is 16.0 Å². The van der Waals surface area contributed by atoms with Crippen LogP contribution in [0, 0.1) is 6.92 Å². The quantitative estimate of drug-likeness (QED) is 0.631. The molecular weight excluding hydrogens is 328 g/mol. The minimum atomic E-state index is -0.0999. The molecule has 0 unspecified atom stereocenters. The molecule has 0 aliphatic carbocycles. The van der Waals surface area contributed by atoms with Crippen molar-refractivity contribution in [2.45, 2.75) is 20.4 Å². The molecule has 2 heterocycles. The fourth-order valence-corrected chi connectivity index (χ4v) is 2.38. The lowest BCUT2D eigenvalue weighted by atomic mass is 10.3. The summed E-state index contributed by atoms with van der Waals surface area (Å²) in [6, 6.07) is 13.2. The highest BCUT2D eigenvalue weighted by Gasteiger charge is 2.04. The largest absolute Gasteiger partial charge is 0.366 e. The Balaban J connectivity index is 1.68. The summed E-state index contributed by atoms with van der Waals surface area (Å²) in [5.74, 6) is 1.14. The van der Waals surface area contributed by atoms with Crippen LogP contribution in [-0.2, 0) is 11.3 Å². The number of pyridine rings is 1. The number of hydrogen-bond acceptors (Lipinski definition) is 6. The summed E-state index contributed by atoms with van der Waals surface area (Å²) in [6.45, 7) is 4.03. The molecule has 0 atom stereocenters. The minimum Gasteiger partial charge on any atom is -0.366 e. The van der Waals surface area contributed by atoms with E-state index in [1.165, 1.54) is 6.92 Å². The van der Waals surface area contributed by atoms with Gasteiger partial charge in [-0.25, -0.2) is 4.98 Å². The number of nitrogens with one attached hydrogen (secondary N) is 3. The van der Waals surface area contributed by atoms with E-state index in [1.807, 2.05) is 55.6 Å². The van der Waals surface area contributed by atoms with Crippen LogP contribution in [0.5, 0.6) is 0 Å². The molecule has 7 nitrogen and oxygen atoms in total. The molecule has 0 aliphatic rings. The molecule has 0 radical (unpaired) electrons. The van der Waals surface area contributed by atoms with E-state index in [9.17, 15) is 4.79 Å². The van der Waals surface area contributed by atoms with Crippen LogP contribution >= 0.6 is 0 Å². The summed E-state index contributed by atoms with van der Waals surface area (Å²) in [5, 5.41) is 9.19.